The zero-order valence-corrected chi connectivity index (χ0v) is 12.4. The normalized spacial score (nSPS) is 19.6. The molecule has 0 spiro atoms. The van der Waals surface area contributed by atoms with Gasteiger partial charge in [-0.25, -0.2) is 0 Å². The second-order valence-electron chi connectivity index (χ2n) is 5.62. The molecular weight excluding hydrogens is 254 g/mol. The van der Waals surface area contributed by atoms with E-state index in [9.17, 15) is 4.79 Å². The molecule has 0 bridgehead atoms. The number of amides is 1. The Morgan fingerprint density at radius 2 is 2.15 bits per heavy atom. The van der Waals surface area contributed by atoms with Crippen LogP contribution < -0.4 is 11.1 Å². The summed E-state index contributed by atoms with van der Waals surface area (Å²) in [5.74, 6) is -0.137. The first-order valence-corrected chi connectivity index (χ1v) is 7.34. The Hall–Kier alpha value is -1.40. The van der Waals surface area contributed by atoms with E-state index in [4.69, 9.17) is 5.73 Å². The van der Waals surface area contributed by atoms with Crippen molar-refractivity contribution < 1.29 is 4.79 Å². The van der Waals surface area contributed by atoms with Gasteiger partial charge in [0.25, 0.3) is 0 Å². The predicted octanol–water partition coefficient (Wildman–Crippen LogP) is 0.411. The Kier molecular flexibility index (Phi) is 5.14. The minimum Gasteiger partial charge on any atom is -0.353 e. The van der Waals surface area contributed by atoms with Crippen molar-refractivity contribution in [1.82, 2.24) is 20.0 Å². The molecule has 1 aliphatic heterocycles. The fourth-order valence-corrected chi connectivity index (χ4v) is 2.60. The Morgan fingerprint density at radius 3 is 2.75 bits per heavy atom. The highest BCUT2D eigenvalue weighted by molar-refractivity contribution is 5.82. The van der Waals surface area contributed by atoms with E-state index in [0.717, 1.165) is 18.7 Å². The van der Waals surface area contributed by atoms with Crippen molar-refractivity contribution in [1.29, 1.82) is 0 Å². The lowest BCUT2D eigenvalue weighted by Gasteiger charge is -2.32. The van der Waals surface area contributed by atoms with E-state index in [1.54, 1.807) is 17.1 Å². The Morgan fingerprint density at radius 1 is 1.45 bits per heavy atom. The summed E-state index contributed by atoms with van der Waals surface area (Å²) in [6.07, 6.45) is 7.25. The molecule has 3 N–H and O–H groups in total. The van der Waals surface area contributed by atoms with Gasteiger partial charge in [-0.2, -0.15) is 5.10 Å². The van der Waals surface area contributed by atoms with Crippen LogP contribution in [0.4, 0.5) is 0 Å². The van der Waals surface area contributed by atoms with E-state index in [1.165, 1.54) is 19.3 Å². The number of hydrogen-bond acceptors (Lipinski definition) is 4. The van der Waals surface area contributed by atoms with Crippen LogP contribution in [0.15, 0.2) is 12.4 Å². The molecule has 112 valence electrons. The van der Waals surface area contributed by atoms with Gasteiger partial charge in [0.1, 0.15) is 6.04 Å². The van der Waals surface area contributed by atoms with Gasteiger partial charge in [0, 0.05) is 31.4 Å². The van der Waals surface area contributed by atoms with Gasteiger partial charge in [-0.1, -0.05) is 6.42 Å². The van der Waals surface area contributed by atoms with E-state index in [-0.39, 0.29) is 5.91 Å². The Labute approximate surface area is 120 Å². The predicted molar refractivity (Wildman–Crippen MR) is 78.0 cm³/mol. The molecular formula is C14H25N5O. The summed E-state index contributed by atoms with van der Waals surface area (Å²) in [5.41, 5.74) is 6.68. The number of piperidine rings is 1. The average molecular weight is 279 g/mol. The molecule has 2 rings (SSSR count). The molecule has 6 heteroatoms. The molecule has 0 aromatic carbocycles. The number of nitrogens with one attached hydrogen (secondary N) is 1. The van der Waals surface area contributed by atoms with E-state index in [2.05, 4.69) is 22.2 Å². The van der Waals surface area contributed by atoms with E-state index >= 15 is 0 Å². The first kappa shape index (κ1) is 15.0. The number of aryl methyl sites for hydroxylation is 1. The number of carbonyl (C=O) groups excluding carboxylic acids is 1. The van der Waals surface area contributed by atoms with Gasteiger partial charge in [0.2, 0.25) is 5.91 Å². The third-order valence-electron chi connectivity index (χ3n) is 3.95. The van der Waals surface area contributed by atoms with Gasteiger partial charge in [-0.05, 0) is 32.9 Å². The maximum absolute atomic E-state index is 12.0. The van der Waals surface area contributed by atoms with Crippen LogP contribution in [0.25, 0.3) is 0 Å². The van der Waals surface area contributed by atoms with Crippen LogP contribution in [0.2, 0.25) is 0 Å². The van der Waals surface area contributed by atoms with Crippen molar-refractivity contribution in [3.8, 4) is 0 Å². The van der Waals surface area contributed by atoms with Crippen LogP contribution in [0.1, 0.15) is 37.8 Å². The second kappa shape index (κ2) is 6.85. The molecule has 2 atom stereocenters. The third-order valence-corrected chi connectivity index (χ3v) is 3.95. The van der Waals surface area contributed by atoms with Gasteiger partial charge in [0.05, 0.1) is 6.20 Å². The molecule has 1 aromatic rings. The first-order chi connectivity index (χ1) is 9.58. The van der Waals surface area contributed by atoms with Crippen molar-refractivity contribution in [2.45, 2.75) is 38.3 Å². The summed E-state index contributed by atoms with van der Waals surface area (Å²) in [6, 6.07) is -0.280. The number of aromatic nitrogens is 2. The maximum Gasteiger partial charge on any atom is 0.241 e. The topological polar surface area (TPSA) is 76.2 Å². The van der Waals surface area contributed by atoms with Crippen LogP contribution in [0.3, 0.4) is 0 Å². The van der Waals surface area contributed by atoms with Crippen molar-refractivity contribution >= 4 is 5.91 Å². The van der Waals surface area contributed by atoms with E-state index in [0.29, 0.717) is 12.6 Å². The minimum atomic E-state index is -0.641. The average Bonchev–Trinajstić information content (AvgIpc) is 2.91. The molecule has 6 nitrogen and oxygen atoms in total. The number of carbonyl (C=O) groups is 1. The quantitative estimate of drug-likeness (QED) is 0.818. The van der Waals surface area contributed by atoms with Gasteiger partial charge in [-0.15, -0.1) is 0 Å². The molecule has 1 amide bonds. The number of hydrogen-bond donors (Lipinski definition) is 2. The molecule has 20 heavy (non-hydrogen) atoms. The standard InChI is InChI=1S/C14H25N5O/c1-11(19-6-4-3-5-7-19)8-16-14(20)13(15)12-9-17-18(2)10-12/h9-11,13H,3-8,15H2,1-2H3,(H,16,20). The molecule has 2 heterocycles. The summed E-state index contributed by atoms with van der Waals surface area (Å²) in [4.78, 5) is 14.5. The van der Waals surface area contributed by atoms with Crippen LogP contribution >= 0.6 is 0 Å². The number of nitrogens with zero attached hydrogens (tertiary/aromatic N) is 3. The van der Waals surface area contributed by atoms with Gasteiger partial charge in [0.15, 0.2) is 0 Å². The summed E-state index contributed by atoms with van der Waals surface area (Å²) in [7, 11) is 1.81. The van der Waals surface area contributed by atoms with Gasteiger partial charge >= 0.3 is 0 Å². The van der Waals surface area contributed by atoms with Crippen molar-refractivity contribution in [2.75, 3.05) is 19.6 Å². The highest BCUT2D eigenvalue weighted by Gasteiger charge is 2.20. The molecule has 1 fully saturated rings. The number of rotatable bonds is 5. The van der Waals surface area contributed by atoms with Gasteiger partial charge < -0.3 is 11.1 Å². The zero-order chi connectivity index (χ0) is 14.5. The van der Waals surface area contributed by atoms with Crippen molar-refractivity contribution in [3.05, 3.63) is 18.0 Å². The zero-order valence-electron chi connectivity index (χ0n) is 12.4. The number of nitrogens with two attached hydrogens (primary N) is 1. The Balaban J connectivity index is 1.79. The maximum atomic E-state index is 12.0. The molecule has 1 saturated heterocycles. The lowest BCUT2D eigenvalue weighted by molar-refractivity contribution is -0.122. The summed E-state index contributed by atoms with van der Waals surface area (Å²) < 4.78 is 1.65. The van der Waals surface area contributed by atoms with Crippen LogP contribution in [-0.4, -0.2) is 46.3 Å². The monoisotopic (exact) mass is 279 g/mol. The molecule has 0 aliphatic carbocycles. The lowest BCUT2D eigenvalue weighted by Crippen LogP contribution is -2.46. The molecule has 2 unspecified atom stereocenters. The molecule has 0 saturated carbocycles. The minimum absolute atomic E-state index is 0.137. The highest BCUT2D eigenvalue weighted by Crippen LogP contribution is 2.12. The summed E-state index contributed by atoms with van der Waals surface area (Å²) >= 11 is 0. The smallest absolute Gasteiger partial charge is 0.241 e. The largest absolute Gasteiger partial charge is 0.353 e. The fraction of sp³-hybridized carbons (Fsp3) is 0.714. The summed E-state index contributed by atoms with van der Waals surface area (Å²) in [5, 5.41) is 6.98. The third kappa shape index (κ3) is 3.80. The van der Waals surface area contributed by atoms with E-state index < -0.39 is 6.04 Å². The first-order valence-electron chi connectivity index (χ1n) is 7.34. The van der Waals surface area contributed by atoms with Crippen LogP contribution in [0, 0.1) is 0 Å². The highest BCUT2D eigenvalue weighted by atomic mass is 16.2. The number of likely N-dealkylation sites (tertiary alicyclic amines) is 1. The summed E-state index contributed by atoms with van der Waals surface area (Å²) in [6.45, 7) is 5.06. The fourth-order valence-electron chi connectivity index (χ4n) is 2.60. The second-order valence-corrected chi connectivity index (χ2v) is 5.62. The van der Waals surface area contributed by atoms with Crippen molar-refractivity contribution in [3.63, 3.8) is 0 Å². The van der Waals surface area contributed by atoms with Crippen molar-refractivity contribution in [2.24, 2.45) is 12.8 Å². The van der Waals surface area contributed by atoms with Crippen LogP contribution in [-0.2, 0) is 11.8 Å². The van der Waals surface area contributed by atoms with E-state index in [1.807, 2.05) is 7.05 Å². The van der Waals surface area contributed by atoms with Crippen LogP contribution in [0.5, 0.6) is 0 Å². The molecule has 1 aliphatic rings. The molecule has 0 radical (unpaired) electrons. The Bertz CT molecular complexity index is 439. The SMILES string of the molecule is CC(CNC(=O)C(N)c1cnn(C)c1)N1CCCCC1. The lowest BCUT2D eigenvalue weighted by atomic mass is 10.1. The molecule has 1 aromatic heterocycles. The van der Waals surface area contributed by atoms with Gasteiger partial charge in [-0.3, -0.25) is 14.4 Å².